The fourth-order valence-corrected chi connectivity index (χ4v) is 2.99. The zero-order valence-corrected chi connectivity index (χ0v) is 14.1. The van der Waals surface area contributed by atoms with Crippen LogP contribution in [0.3, 0.4) is 0 Å². The second-order valence-electron chi connectivity index (χ2n) is 4.45. The van der Waals surface area contributed by atoms with Crippen molar-refractivity contribution in [3.63, 3.8) is 0 Å². The van der Waals surface area contributed by atoms with Crippen LogP contribution in [0.1, 0.15) is 11.1 Å². The van der Waals surface area contributed by atoms with Gasteiger partial charge >= 0.3 is 0 Å². The average Bonchev–Trinajstić information content (AvgIpc) is 2.40. The van der Waals surface area contributed by atoms with E-state index in [-0.39, 0.29) is 0 Å². The molecule has 0 aliphatic rings. The molecule has 2 aromatic carbocycles. The van der Waals surface area contributed by atoms with Crippen molar-refractivity contribution in [2.45, 2.75) is 6.54 Å². The molecule has 0 aliphatic heterocycles. The Morgan fingerprint density at radius 3 is 2.60 bits per heavy atom. The molecule has 2 N–H and O–H groups in total. The van der Waals surface area contributed by atoms with Crippen molar-refractivity contribution in [1.82, 2.24) is 0 Å². The molecule has 0 aromatic heterocycles. The second-order valence-corrected chi connectivity index (χ2v) is 6.15. The molecule has 20 heavy (non-hydrogen) atoms. The summed E-state index contributed by atoms with van der Waals surface area (Å²) in [5.41, 5.74) is 8.62. The van der Waals surface area contributed by atoms with Crippen LogP contribution in [0.15, 0.2) is 46.9 Å². The van der Waals surface area contributed by atoms with Crippen molar-refractivity contribution in [2.75, 3.05) is 11.9 Å². The summed E-state index contributed by atoms with van der Waals surface area (Å²) < 4.78 is 1.07. The number of thiocarbonyl (C=S) groups is 1. The van der Waals surface area contributed by atoms with E-state index in [1.165, 1.54) is 5.56 Å². The Kier molecular flexibility index (Phi) is 5.02. The van der Waals surface area contributed by atoms with Gasteiger partial charge in [-0.25, -0.2) is 0 Å². The van der Waals surface area contributed by atoms with Gasteiger partial charge in [-0.3, -0.25) is 0 Å². The third-order valence-electron chi connectivity index (χ3n) is 3.01. The molecule has 0 fully saturated rings. The van der Waals surface area contributed by atoms with Gasteiger partial charge < -0.3 is 10.6 Å². The molecule has 0 amide bonds. The summed E-state index contributed by atoms with van der Waals surface area (Å²) in [5.74, 6) is 0. The standard InChI is InChI=1S/C15H14BrClN2S/c1-19(9-10-5-2-3-6-11(10)16)13-8-4-7-12(17)14(13)15(18)20/h2-8H,9H2,1H3,(H2,18,20). The summed E-state index contributed by atoms with van der Waals surface area (Å²) in [7, 11) is 1.99. The van der Waals surface area contributed by atoms with Gasteiger partial charge in [0, 0.05) is 23.8 Å². The highest BCUT2D eigenvalue weighted by Gasteiger charge is 2.14. The van der Waals surface area contributed by atoms with Crippen LogP contribution in [0.2, 0.25) is 5.02 Å². The topological polar surface area (TPSA) is 29.3 Å². The predicted octanol–water partition coefficient (Wildman–Crippen LogP) is 4.37. The Labute approximate surface area is 137 Å². The molecule has 104 valence electrons. The van der Waals surface area contributed by atoms with E-state index in [0.29, 0.717) is 10.0 Å². The number of benzene rings is 2. The van der Waals surface area contributed by atoms with Crippen molar-refractivity contribution >= 4 is 50.4 Å². The van der Waals surface area contributed by atoms with Crippen LogP contribution in [0.5, 0.6) is 0 Å². The fraction of sp³-hybridized carbons (Fsp3) is 0.133. The number of hydrogen-bond acceptors (Lipinski definition) is 2. The van der Waals surface area contributed by atoms with Crippen molar-refractivity contribution in [2.24, 2.45) is 5.73 Å². The maximum atomic E-state index is 6.20. The summed E-state index contributed by atoms with van der Waals surface area (Å²) in [6.45, 7) is 0.734. The van der Waals surface area contributed by atoms with Crippen molar-refractivity contribution < 1.29 is 0 Å². The molecular weight excluding hydrogens is 356 g/mol. The summed E-state index contributed by atoms with van der Waals surface area (Å²) >= 11 is 14.9. The minimum absolute atomic E-state index is 0.310. The zero-order valence-electron chi connectivity index (χ0n) is 10.9. The Balaban J connectivity index is 2.35. The number of hydrogen-bond donors (Lipinski definition) is 1. The zero-order chi connectivity index (χ0) is 14.7. The number of anilines is 1. The van der Waals surface area contributed by atoms with E-state index in [0.717, 1.165) is 22.3 Å². The largest absolute Gasteiger partial charge is 0.389 e. The van der Waals surface area contributed by atoms with Gasteiger partial charge in [0.05, 0.1) is 10.6 Å². The lowest BCUT2D eigenvalue weighted by Crippen LogP contribution is -2.22. The summed E-state index contributed by atoms with van der Waals surface area (Å²) in [4.78, 5) is 2.39. The number of halogens is 2. The van der Waals surface area contributed by atoms with Gasteiger partial charge in [-0.05, 0) is 23.8 Å². The first kappa shape index (κ1) is 15.3. The van der Waals surface area contributed by atoms with Gasteiger partial charge in [0.2, 0.25) is 0 Å². The van der Waals surface area contributed by atoms with Crippen LogP contribution in [0.25, 0.3) is 0 Å². The predicted molar refractivity (Wildman–Crippen MR) is 93.6 cm³/mol. The highest BCUT2D eigenvalue weighted by atomic mass is 79.9. The highest BCUT2D eigenvalue weighted by molar-refractivity contribution is 9.10. The number of rotatable bonds is 4. The van der Waals surface area contributed by atoms with E-state index in [9.17, 15) is 0 Å². The Bertz CT molecular complexity index is 646. The van der Waals surface area contributed by atoms with Crippen LogP contribution in [-0.2, 0) is 6.54 Å². The summed E-state index contributed by atoms with van der Waals surface area (Å²) in [6, 6.07) is 13.8. The smallest absolute Gasteiger partial charge is 0.107 e. The normalized spacial score (nSPS) is 10.3. The molecule has 0 saturated heterocycles. The SMILES string of the molecule is CN(Cc1ccccc1Br)c1cccc(Cl)c1C(N)=S. The van der Waals surface area contributed by atoms with Gasteiger partial charge in [-0.2, -0.15) is 0 Å². The third kappa shape index (κ3) is 3.32. The van der Waals surface area contributed by atoms with Gasteiger partial charge in [0.25, 0.3) is 0 Å². The Morgan fingerprint density at radius 1 is 1.25 bits per heavy atom. The lowest BCUT2D eigenvalue weighted by molar-refractivity contribution is 0.917. The first-order valence-corrected chi connectivity index (χ1v) is 7.61. The quantitative estimate of drug-likeness (QED) is 0.811. The Hall–Kier alpha value is -1.10. The fourth-order valence-electron chi connectivity index (χ4n) is 2.04. The summed E-state index contributed by atoms with van der Waals surface area (Å²) in [6.07, 6.45) is 0. The van der Waals surface area contributed by atoms with Gasteiger partial charge in [-0.1, -0.05) is 64.0 Å². The minimum atomic E-state index is 0.310. The molecule has 2 aromatic rings. The first-order chi connectivity index (χ1) is 9.50. The summed E-state index contributed by atoms with van der Waals surface area (Å²) in [5, 5.41) is 0.578. The average molecular weight is 370 g/mol. The van der Waals surface area contributed by atoms with Crippen LogP contribution < -0.4 is 10.6 Å². The molecule has 5 heteroatoms. The minimum Gasteiger partial charge on any atom is -0.389 e. The molecule has 2 nitrogen and oxygen atoms in total. The van der Waals surface area contributed by atoms with Crippen molar-refractivity contribution in [3.8, 4) is 0 Å². The second kappa shape index (κ2) is 6.57. The van der Waals surface area contributed by atoms with Crippen LogP contribution in [-0.4, -0.2) is 12.0 Å². The third-order valence-corrected chi connectivity index (χ3v) is 4.31. The lowest BCUT2D eigenvalue weighted by atomic mass is 10.1. The molecule has 0 atom stereocenters. The molecule has 0 spiro atoms. The maximum Gasteiger partial charge on any atom is 0.107 e. The molecule has 0 aliphatic carbocycles. The van der Waals surface area contributed by atoms with E-state index in [1.807, 2.05) is 37.4 Å². The molecule has 0 heterocycles. The number of nitrogens with two attached hydrogens (primary N) is 1. The highest BCUT2D eigenvalue weighted by Crippen LogP contribution is 2.28. The Morgan fingerprint density at radius 2 is 1.95 bits per heavy atom. The van der Waals surface area contributed by atoms with E-state index < -0.39 is 0 Å². The van der Waals surface area contributed by atoms with Crippen LogP contribution in [0.4, 0.5) is 5.69 Å². The first-order valence-electron chi connectivity index (χ1n) is 6.03. The van der Waals surface area contributed by atoms with Crippen molar-refractivity contribution in [1.29, 1.82) is 0 Å². The monoisotopic (exact) mass is 368 g/mol. The molecule has 0 radical (unpaired) electrons. The molecule has 0 unspecified atom stereocenters. The van der Waals surface area contributed by atoms with E-state index in [2.05, 4.69) is 26.9 Å². The lowest BCUT2D eigenvalue weighted by Gasteiger charge is -2.23. The van der Waals surface area contributed by atoms with E-state index in [1.54, 1.807) is 6.07 Å². The van der Waals surface area contributed by atoms with Crippen LogP contribution >= 0.6 is 39.7 Å². The van der Waals surface area contributed by atoms with Gasteiger partial charge in [-0.15, -0.1) is 0 Å². The molecule has 2 rings (SSSR count). The van der Waals surface area contributed by atoms with Gasteiger partial charge in [0.1, 0.15) is 4.99 Å². The van der Waals surface area contributed by atoms with Crippen LogP contribution in [0, 0.1) is 0 Å². The molecule has 0 saturated carbocycles. The maximum absolute atomic E-state index is 6.20. The number of nitrogens with zero attached hydrogens (tertiary/aromatic N) is 1. The van der Waals surface area contributed by atoms with Gasteiger partial charge in [0.15, 0.2) is 0 Å². The molecule has 0 bridgehead atoms. The molecular formula is C15H14BrClN2S. The van der Waals surface area contributed by atoms with E-state index >= 15 is 0 Å². The van der Waals surface area contributed by atoms with E-state index in [4.69, 9.17) is 29.6 Å². The van der Waals surface area contributed by atoms with Crippen molar-refractivity contribution in [3.05, 3.63) is 63.1 Å².